The lowest BCUT2D eigenvalue weighted by Gasteiger charge is -2.15. The summed E-state index contributed by atoms with van der Waals surface area (Å²) >= 11 is 0. The van der Waals surface area contributed by atoms with E-state index in [9.17, 15) is 14.7 Å². The van der Waals surface area contributed by atoms with Gasteiger partial charge in [-0.05, 0) is 36.2 Å². The summed E-state index contributed by atoms with van der Waals surface area (Å²) in [7, 11) is 0. The van der Waals surface area contributed by atoms with E-state index in [1.165, 1.54) is 12.8 Å². The summed E-state index contributed by atoms with van der Waals surface area (Å²) in [4.78, 5) is 23.9. The van der Waals surface area contributed by atoms with E-state index in [4.69, 9.17) is 4.74 Å². The second-order valence-electron chi connectivity index (χ2n) is 6.49. The quantitative estimate of drug-likeness (QED) is 0.586. The van der Waals surface area contributed by atoms with Gasteiger partial charge in [0.05, 0.1) is 6.61 Å². The highest BCUT2D eigenvalue weighted by Gasteiger charge is 2.21. The van der Waals surface area contributed by atoms with Gasteiger partial charge in [-0.1, -0.05) is 56.5 Å². The number of ether oxygens (including phenoxy) is 1. The predicted octanol–water partition coefficient (Wildman–Crippen LogP) is 4.07. The van der Waals surface area contributed by atoms with E-state index in [2.05, 4.69) is 12.2 Å². The number of carboxylic acid groups (broad SMARTS) is 1. The highest BCUT2D eigenvalue weighted by Crippen LogP contribution is 2.14. The SMILES string of the molecule is CCCCCCOc1ccc(C(=O)N[C@@H](Cc2ccccc2)C(=O)O)cc1. The predicted molar refractivity (Wildman–Crippen MR) is 105 cm³/mol. The van der Waals surface area contributed by atoms with E-state index in [0.717, 1.165) is 18.4 Å². The monoisotopic (exact) mass is 369 g/mol. The van der Waals surface area contributed by atoms with Crippen LogP contribution in [0.2, 0.25) is 0 Å². The molecule has 27 heavy (non-hydrogen) atoms. The molecule has 2 rings (SSSR count). The van der Waals surface area contributed by atoms with Crippen molar-refractivity contribution in [3.63, 3.8) is 0 Å². The Bertz CT molecular complexity index is 713. The Morgan fingerprint density at radius 1 is 1.00 bits per heavy atom. The van der Waals surface area contributed by atoms with Gasteiger partial charge in [-0.25, -0.2) is 4.79 Å². The Morgan fingerprint density at radius 2 is 1.70 bits per heavy atom. The molecule has 0 aliphatic rings. The van der Waals surface area contributed by atoms with Gasteiger partial charge in [-0.3, -0.25) is 4.79 Å². The first-order chi connectivity index (χ1) is 13.1. The maximum Gasteiger partial charge on any atom is 0.326 e. The maximum atomic E-state index is 12.4. The van der Waals surface area contributed by atoms with Crippen molar-refractivity contribution in [2.75, 3.05) is 6.61 Å². The van der Waals surface area contributed by atoms with Crippen LogP contribution in [-0.2, 0) is 11.2 Å². The number of hydrogen-bond acceptors (Lipinski definition) is 3. The fraction of sp³-hybridized carbons (Fsp3) is 0.364. The first-order valence-electron chi connectivity index (χ1n) is 9.40. The van der Waals surface area contributed by atoms with Crippen LogP contribution in [0.3, 0.4) is 0 Å². The van der Waals surface area contributed by atoms with Gasteiger partial charge in [0.25, 0.3) is 5.91 Å². The number of aliphatic carboxylic acids is 1. The number of benzene rings is 2. The molecule has 1 atom stereocenters. The molecule has 0 unspecified atom stereocenters. The van der Waals surface area contributed by atoms with E-state index < -0.39 is 17.9 Å². The minimum atomic E-state index is -1.06. The number of amides is 1. The second-order valence-corrected chi connectivity index (χ2v) is 6.49. The molecule has 0 aromatic heterocycles. The third-order valence-corrected chi connectivity index (χ3v) is 4.27. The van der Waals surface area contributed by atoms with Gasteiger partial charge in [0.1, 0.15) is 11.8 Å². The van der Waals surface area contributed by atoms with Crippen LogP contribution >= 0.6 is 0 Å². The molecule has 144 valence electrons. The zero-order chi connectivity index (χ0) is 19.5. The summed E-state index contributed by atoms with van der Waals surface area (Å²) in [5, 5.41) is 12.0. The van der Waals surface area contributed by atoms with Crippen molar-refractivity contribution in [1.29, 1.82) is 0 Å². The smallest absolute Gasteiger partial charge is 0.326 e. The number of hydrogen-bond donors (Lipinski definition) is 2. The van der Waals surface area contributed by atoms with E-state index in [1.54, 1.807) is 24.3 Å². The number of rotatable bonds is 11. The third-order valence-electron chi connectivity index (χ3n) is 4.27. The van der Waals surface area contributed by atoms with Gasteiger partial charge >= 0.3 is 5.97 Å². The third kappa shape index (κ3) is 7.13. The molecule has 2 aromatic rings. The summed E-state index contributed by atoms with van der Waals surface area (Å²) < 4.78 is 5.66. The Morgan fingerprint density at radius 3 is 2.33 bits per heavy atom. The molecule has 0 aliphatic heterocycles. The Labute approximate surface area is 160 Å². The number of carboxylic acids is 1. The lowest BCUT2D eigenvalue weighted by Crippen LogP contribution is -2.42. The van der Waals surface area contributed by atoms with Crippen molar-refractivity contribution in [1.82, 2.24) is 5.32 Å². The van der Waals surface area contributed by atoms with Crippen molar-refractivity contribution in [3.05, 3.63) is 65.7 Å². The van der Waals surface area contributed by atoms with Crippen molar-refractivity contribution in [2.24, 2.45) is 0 Å². The van der Waals surface area contributed by atoms with Crippen LogP contribution in [0.4, 0.5) is 0 Å². The van der Waals surface area contributed by atoms with Crippen molar-refractivity contribution in [2.45, 2.75) is 45.1 Å². The topological polar surface area (TPSA) is 75.6 Å². The van der Waals surface area contributed by atoms with Crippen molar-refractivity contribution >= 4 is 11.9 Å². The number of carbonyl (C=O) groups excluding carboxylic acids is 1. The first kappa shape index (κ1) is 20.5. The molecular weight excluding hydrogens is 342 g/mol. The molecule has 5 nitrogen and oxygen atoms in total. The molecule has 0 saturated heterocycles. The van der Waals surface area contributed by atoms with Crippen molar-refractivity contribution in [3.8, 4) is 5.75 Å². The van der Waals surface area contributed by atoms with E-state index in [-0.39, 0.29) is 6.42 Å². The zero-order valence-corrected chi connectivity index (χ0v) is 15.7. The average molecular weight is 369 g/mol. The van der Waals surface area contributed by atoms with Gasteiger partial charge < -0.3 is 15.2 Å². The Balaban J connectivity index is 1.88. The highest BCUT2D eigenvalue weighted by molar-refractivity contribution is 5.96. The summed E-state index contributed by atoms with van der Waals surface area (Å²) in [5.41, 5.74) is 1.27. The molecule has 0 aliphatic carbocycles. The molecule has 1 amide bonds. The second kappa shape index (κ2) is 11.0. The fourth-order valence-electron chi connectivity index (χ4n) is 2.71. The Hall–Kier alpha value is -2.82. The fourth-order valence-corrected chi connectivity index (χ4v) is 2.71. The van der Waals surface area contributed by atoms with Gasteiger partial charge in [-0.15, -0.1) is 0 Å². The van der Waals surface area contributed by atoms with Crippen LogP contribution in [0, 0.1) is 0 Å². The van der Waals surface area contributed by atoms with Gasteiger partial charge in [0.2, 0.25) is 0 Å². The summed E-state index contributed by atoms with van der Waals surface area (Å²) in [6.45, 7) is 2.82. The molecular formula is C22H27NO4. The minimum Gasteiger partial charge on any atom is -0.494 e. The molecule has 0 saturated carbocycles. The summed E-state index contributed by atoms with van der Waals surface area (Å²) in [6.07, 6.45) is 4.79. The first-order valence-corrected chi connectivity index (χ1v) is 9.40. The van der Waals surface area contributed by atoms with Crippen LogP contribution in [0.15, 0.2) is 54.6 Å². The normalized spacial score (nSPS) is 11.6. The van der Waals surface area contributed by atoms with Crippen LogP contribution in [0.5, 0.6) is 5.75 Å². The zero-order valence-electron chi connectivity index (χ0n) is 15.7. The molecule has 5 heteroatoms. The maximum absolute atomic E-state index is 12.4. The van der Waals surface area contributed by atoms with Crippen LogP contribution in [0.1, 0.15) is 48.5 Å². The van der Waals surface area contributed by atoms with Gasteiger partial charge in [-0.2, -0.15) is 0 Å². The molecule has 0 fully saturated rings. The van der Waals surface area contributed by atoms with Crippen LogP contribution < -0.4 is 10.1 Å². The minimum absolute atomic E-state index is 0.237. The van der Waals surface area contributed by atoms with Crippen LogP contribution in [-0.4, -0.2) is 29.6 Å². The number of nitrogens with one attached hydrogen (secondary N) is 1. The lowest BCUT2D eigenvalue weighted by atomic mass is 10.1. The molecule has 0 heterocycles. The molecule has 2 aromatic carbocycles. The molecule has 0 radical (unpaired) electrons. The summed E-state index contributed by atoms with van der Waals surface area (Å²) in [5.74, 6) is -0.755. The standard InChI is InChI=1S/C22H27NO4/c1-2-3-4-8-15-27-19-13-11-18(12-14-19)21(24)23-20(22(25)26)16-17-9-6-5-7-10-17/h5-7,9-14,20H,2-4,8,15-16H2,1H3,(H,23,24)(H,25,26)/t20-/m0/s1. The van der Waals surface area contributed by atoms with Gasteiger partial charge in [0, 0.05) is 12.0 Å². The van der Waals surface area contributed by atoms with Gasteiger partial charge in [0.15, 0.2) is 0 Å². The van der Waals surface area contributed by atoms with E-state index in [0.29, 0.717) is 17.9 Å². The van der Waals surface area contributed by atoms with Crippen LogP contribution in [0.25, 0.3) is 0 Å². The van der Waals surface area contributed by atoms with Crippen molar-refractivity contribution < 1.29 is 19.4 Å². The molecule has 2 N–H and O–H groups in total. The molecule has 0 spiro atoms. The highest BCUT2D eigenvalue weighted by atomic mass is 16.5. The molecule has 0 bridgehead atoms. The summed E-state index contributed by atoms with van der Waals surface area (Å²) in [6, 6.07) is 15.0. The largest absolute Gasteiger partial charge is 0.494 e. The Kier molecular flexibility index (Phi) is 8.36. The lowest BCUT2D eigenvalue weighted by molar-refractivity contribution is -0.139. The number of carbonyl (C=O) groups is 2. The van der Waals surface area contributed by atoms with E-state index >= 15 is 0 Å². The number of unbranched alkanes of at least 4 members (excludes halogenated alkanes) is 3. The average Bonchev–Trinajstić information content (AvgIpc) is 2.68. The van der Waals surface area contributed by atoms with E-state index in [1.807, 2.05) is 30.3 Å².